The van der Waals surface area contributed by atoms with Crippen molar-refractivity contribution in [2.24, 2.45) is 7.05 Å². The number of halogens is 1. The van der Waals surface area contributed by atoms with Crippen molar-refractivity contribution >= 4 is 0 Å². The molecule has 0 saturated carbocycles. The Bertz CT molecular complexity index is 508. The van der Waals surface area contributed by atoms with Crippen LogP contribution in [0, 0.1) is 5.82 Å². The highest BCUT2D eigenvalue weighted by molar-refractivity contribution is 5.17. The molecule has 1 N–H and O–H groups in total. The largest absolute Gasteiger partial charge is 0.539 e. The third kappa shape index (κ3) is 2.84. The van der Waals surface area contributed by atoms with E-state index in [0.29, 0.717) is 30.8 Å². The lowest BCUT2D eigenvalue weighted by molar-refractivity contribution is -0.746. The lowest BCUT2D eigenvalue weighted by atomic mass is 10.1. The first-order valence-electron chi connectivity index (χ1n) is 5.64. The Hall–Kier alpha value is -1.95. The molecule has 2 aromatic rings. The monoisotopic (exact) mass is 251 g/mol. The number of rotatable bonds is 5. The number of nitrogens with zero attached hydrogens (tertiary/aromatic N) is 2. The second-order valence-electron chi connectivity index (χ2n) is 3.95. The van der Waals surface area contributed by atoms with Crippen molar-refractivity contribution in [1.29, 1.82) is 0 Å². The zero-order valence-corrected chi connectivity index (χ0v) is 10.0. The van der Waals surface area contributed by atoms with Crippen molar-refractivity contribution in [3.63, 3.8) is 0 Å². The molecule has 0 spiro atoms. The fraction of sp³-hybridized carbons (Fsp3) is 0.333. The van der Waals surface area contributed by atoms with Gasteiger partial charge in [-0.2, -0.15) is 0 Å². The molecule has 0 amide bonds. The Morgan fingerprint density at radius 2 is 2.22 bits per heavy atom. The van der Waals surface area contributed by atoms with Gasteiger partial charge in [-0.3, -0.25) is 0 Å². The van der Waals surface area contributed by atoms with Gasteiger partial charge in [-0.1, -0.05) is 22.9 Å². The van der Waals surface area contributed by atoms with E-state index in [1.54, 1.807) is 25.2 Å². The van der Waals surface area contributed by atoms with Crippen LogP contribution in [0.15, 0.2) is 28.8 Å². The summed E-state index contributed by atoms with van der Waals surface area (Å²) in [6, 6.07) is 6.64. The normalized spacial score (nSPS) is 10.8. The van der Waals surface area contributed by atoms with Crippen LogP contribution in [0.3, 0.4) is 0 Å². The van der Waals surface area contributed by atoms with Crippen molar-refractivity contribution in [3.8, 4) is 5.95 Å². The first kappa shape index (κ1) is 12.5. The summed E-state index contributed by atoms with van der Waals surface area (Å²) in [4.78, 5) is 0. The smallest absolute Gasteiger partial charge is 0.246 e. The van der Waals surface area contributed by atoms with Crippen LogP contribution in [0.4, 0.5) is 4.39 Å². The van der Waals surface area contributed by atoms with Gasteiger partial charge in [0.15, 0.2) is 13.0 Å². The molecule has 0 unspecified atom stereocenters. The van der Waals surface area contributed by atoms with Crippen LogP contribution in [0.1, 0.15) is 11.3 Å². The first-order chi connectivity index (χ1) is 8.68. The summed E-state index contributed by atoms with van der Waals surface area (Å²) >= 11 is 0. The fourth-order valence-corrected chi connectivity index (χ4v) is 1.65. The van der Waals surface area contributed by atoms with Gasteiger partial charge in [0, 0.05) is 0 Å². The molecule has 0 aliphatic rings. The van der Waals surface area contributed by atoms with Crippen molar-refractivity contribution < 1.29 is 18.7 Å². The average Bonchev–Trinajstić information content (AvgIpc) is 2.67. The highest BCUT2D eigenvalue weighted by Gasteiger charge is 2.11. The van der Waals surface area contributed by atoms with Gasteiger partial charge in [0.1, 0.15) is 5.82 Å². The van der Waals surface area contributed by atoms with E-state index in [4.69, 9.17) is 0 Å². The summed E-state index contributed by atoms with van der Waals surface area (Å²) in [5, 5.41) is 17.8. The third-order valence-corrected chi connectivity index (χ3v) is 2.69. The number of aromatic nitrogens is 2. The number of hydrogen-bond acceptors (Lipinski definition) is 4. The predicted molar refractivity (Wildman–Crippen MR) is 58.9 cm³/mol. The molecule has 0 radical (unpaired) electrons. The molecule has 1 aromatic heterocycles. The molecule has 5 nitrogen and oxygen atoms in total. The van der Waals surface area contributed by atoms with E-state index < -0.39 is 5.95 Å². The van der Waals surface area contributed by atoms with Crippen molar-refractivity contribution in [1.82, 2.24) is 10.6 Å². The summed E-state index contributed by atoms with van der Waals surface area (Å²) in [6.07, 6.45) is 0.565. The molecule has 1 aromatic carbocycles. The van der Waals surface area contributed by atoms with E-state index in [1.165, 1.54) is 10.7 Å². The molecule has 0 aliphatic carbocycles. The van der Waals surface area contributed by atoms with Crippen LogP contribution < -0.4 is 15.1 Å². The Kier molecular flexibility index (Phi) is 3.88. The third-order valence-electron chi connectivity index (χ3n) is 2.69. The molecule has 1 heterocycles. The minimum atomic E-state index is -0.448. The summed E-state index contributed by atoms with van der Waals surface area (Å²) in [7, 11) is 1.64. The van der Waals surface area contributed by atoms with E-state index in [-0.39, 0.29) is 5.82 Å². The predicted octanol–water partition coefficient (Wildman–Crippen LogP) is 0.0441. The lowest BCUT2D eigenvalue weighted by Gasteiger charge is -2.04. The first-order valence-corrected chi connectivity index (χ1v) is 5.64. The van der Waals surface area contributed by atoms with E-state index in [0.717, 1.165) is 0 Å². The van der Waals surface area contributed by atoms with E-state index >= 15 is 0 Å². The maximum Gasteiger partial charge on any atom is 0.246 e. The molecule has 2 rings (SSSR count). The second-order valence-corrected chi connectivity index (χ2v) is 3.95. The lowest BCUT2D eigenvalue weighted by Crippen LogP contribution is -2.37. The fourth-order valence-electron chi connectivity index (χ4n) is 1.65. The van der Waals surface area contributed by atoms with Gasteiger partial charge < -0.3 is 14.9 Å². The van der Waals surface area contributed by atoms with Crippen LogP contribution >= 0.6 is 0 Å². The molecular formula is C12H14FN3O2. The van der Waals surface area contributed by atoms with Crippen LogP contribution in [0.25, 0.3) is 0 Å². The maximum absolute atomic E-state index is 13.3. The SMILES string of the molecule is C[n+]1noc([O-])c1CNCCc1ccccc1F. The Morgan fingerprint density at radius 1 is 1.44 bits per heavy atom. The van der Waals surface area contributed by atoms with Gasteiger partial charge in [-0.15, -0.1) is 0 Å². The molecule has 96 valence electrons. The van der Waals surface area contributed by atoms with Crippen LogP contribution in [0.2, 0.25) is 0 Å². The van der Waals surface area contributed by atoms with Gasteiger partial charge in [-0.05, 0) is 24.6 Å². The minimum absolute atomic E-state index is 0.209. The Morgan fingerprint density at radius 3 is 2.89 bits per heavy atom. The number of nitrogens with one attached hydrogen (secondary N) is 1. The van der Waals surface area contributed by atoms with Gasteiger partial charge in [-0.25, -0.2) is 4.39 Å². The molecule has 18 heavy (non-hydrogen) atoms. The zero-order chi connectivity index (χ0) is 13.0. The average molecular weight is 251 g/mol. The number of aryl methyl sites for hydroxylation is 1. The highest BCUT2D eigenvalue weighted by atomic mass is 19.1. The van der Waals surface area contributed by atoms with Gasteiger partial charge in [0.25, 0.3) is 0 Å². The summed E-state index contributed by atoms with van der Waals surface area (Å²) in [6.45, 7) is 0.929. The summed E-state index contributed by atoms with van der Waals surface area (Å²) < 4.78 is 19.2. The highest BCUT2D eigenvalue weighted by Crippen LogP contribution is 2.07. The molecule has 0 saturated heterocycles. The minimum Gasteiger partial charge on any atom is -0.539 e. The molecule has 0 atom stereocenters. The van der Waals surface area contributed by atoms with Gasteiger partial charge >= 0.3 is 0 Å². The van der Waals surface area contributed by atoms with Crippen LogP contribution in [0.5, 0.6) is 5.95 Å². The van der Waals surface area contributed by atoms with Crippen LogP contribution in [-0.2, 0) is 20.0 Å². The van der Waals surface area contributed by atoms with Gasteiger partial charge in [0.2, 0.25) is 5.69 Å². The van der Waals surface area contributed by atoms with E-state index in [9.17, 15) is 9.50 Å². The number of benzene rings is 1. The van der Waals surface area contributed by atoms with Crippen molar-refractivity contribution in [3.05, 3.63) is 41.3 Å². The molecular weight excluding hydrogens is 237 g/mol. The molecule has 0 fully saturated rings. The molecule has 6 heteroatoms. The Labute approximate surface area is 104 Å². The summed E-state index contributed by atoms with van der Waals surface area (Å²) in [5.41, 5.74) is 1.10. The van der Waals surface area contributed by atoms with Crippen molar-refractivity contribution in [2.75, 3.05) is 6.54 Å². The van der Waals surface area contributed by atoms with E-state index in [2.05, 4.69) is 15.1 Å². The topological polar surface area (TPSA) is 65.0 Å². The quantitative estimate of drug-likeness (QED) is 0.602. The van der Waals surface area contributed by atoms with Crippen LogP contribution in [-0.4, -0.2) is 11.8 Å². The molecule has 0 bridgehead atoms. The maximum atomic E-state index is 13.3. The molecule has 0 aliphatic heterocycles. The van der Waals surface area contributed by atoms with Gasteiger partial charge in [0.05, 0.1) is 11.8 Å². The number of hydrogen-bond donors (Lipinski definition) is 1. The summed E-state index contributed by atoms with van der Waals surface area (Å²) in [5.74, 6) is -0.657. The van der Waals surface area contributed by atoms with E-state index in [1.807, 2.05) is 0 Å². The van der Waals surface area contributed by atoms with Crippen molar-refractivity contribution in [2.45, 2.75) is 13.0 Å². The second kappa shape index (κ2) is 5.59. The standard InChI is InChI=1S/C12H14FN3O2/c1-16-11(12(17)18-15-16)8-14-7-6-9-4-2-3-5-10(9)13/h2-5,14H,6-8H2,1H3. The Balaban J connectivity index is 1.82. The zero-order valence-electron chi connectivity index (χ0n) is 10.0.